The molecule has 5 heteroatoms. The van der Waals surface area contributed by atoms with Gasteiger partial charge in [-0.05, 0) is 13.8 Å². The minimum Gasteiger partial charge on any atom is -0.374 e. The lowest BCUT2D eigenvalue weighted by atomic mass is 10.2. The summed E-state index contributed by atoms with van der Waals surface area (Å²) in [6.07, 6.45) is -0.0177. The topological polar surface area (TPSA) is 64.8 Å². The fourth-order valence-electron chi connectivity index (χ4n) is 1.83. The average molecular weight is 216 g/mol. The summed E-state index contributed by atoms with van der Waals surface area (Å²) in [5, 5.41) is 0. The highest BCUT2D eigenvalue weighted by molar-refractivity contribution is 5.78. The second-order valence-corrected chi connectivity index (χ2v) is 3.49. The smallest absolute Gasteiger partial charge is 0.236 e. The molecule has 0 aromatic rings. The maximum Gasteiger partial charge on any atom is 0.236 e. The molecule has 1 saturated heterocycles. The number of nitrogens with zero attached hydrogens (tertiary/aromatic N) is 1. The molecule has 1 heterocycles. The highest BCUT2D eigenvalue weighted by Gasteiger charge is 2.35. The number of likely N-dealkylation sites (tertiary alicyclic amines) is 1. The van der Waals surface area contributed by atoms with Crippen molar-refractivity contribution in [3.8, 4) is 0 Å². The first-order valence-electron chi connectivity index (χ1n) is 5.43. The number of carbonyl (C=O) groups excluding carboxylic acids is 1. The Balaban J connectivity index is 2.52. The molecule has 1 aliphatic heterocycles. The lowest BCUT2D eigenvalue weighted by Gasteiger charge is -2.17. The van der Waals surface area contributed by atoms with Crippen LogP contribution in [0.3, 0.4) is 0 Å². The number of amides is 1. The Labute approximate surface area is 90.5 Å². The standard InChI is InChI=1S/C10H20N2O3/c1-3-14-8-6-12(10(13)5-11)7-9(8)15-4-2/h8-9H,3-7,11H2,1-2H3/t8-,9-/m0/s1. The molecular weight excluding hydrogens is 196 g/mol. The average Bonchev–Trinajstić information content (AvgIpc) is 2.62. The van der Waals surface area contributed by atoms with Crippen molar-refractivity contribution >= 4 is 5.91 Å². The summed E-state index contributed by atoms with van der Waals surface area (Å²) in [6, 6.07) is 0. The molecule has 0 aromatic heterocycles. The zero-order valence-electron chi connectivity index (χ0n) is 9.44. The Hall–Kier alpha value is -0.650. The van der Waals surface area contributed by atoms with Crippen LogP contribution in [0.1, 0.15) is 13.8 Å². The van der Waals surface area contributed by atoms with Crippen LogP contribution in [-0.4, -0.2) is 55.9 Å². The number of hydrogen-bond donors (Lipinski definition) is 1. The molecule has 15 heavy (non-hydrogen) atoms. The van der Waals surface area contributed by atoms with Crippen LogP contribution >= 0.6 is 0 Å². The van der Waals surface area contributed by atoms with Gasteiger partial charge in [0.15, 0.2) is 0 Å². The molecule has 0 unspecified atom stereocenters. The molecule has 88 valence electrons. The van der Waals surface area contributed by atoms with E-state index in [9.17, 15) is 4.79 Å². The molecule has 1 aliphatic rings. The first-order chi connectivity index (χ1) is 7.22. The van der Waals surface area contributed by atoms with Gasteiger partial charge in [0.1, 0.15) is 12.2 Å². The number of rotatable bonds is 5. The second-order valence-electron chi connectivity index (χ2n) is 3.49. The Morgan fingerprint density at radius 1 is 1.27 bits per heavy atom. The van der Waals surface area contributed by atoms with E-state index in [4.69, 9.17) is 15.2 Å². The maximum atomic E-state index is 11.4. The van der Waals surface area contributed by atoms with E-state index in [1.54, 1.807) is 4.90 Å². The summed E-state index contributed by atoms with van der Waals surface area (Å²) in [6.45, 7) is 6.39. The first-order valence-corrected chi connectivity index (χ1v) is 5.43. The number of carbonyl (C=O) groups is 1. The van der Waals surface area contributed by atoms with Crippen molar-refractivity contribution in [1.29, 1.82) is 0 Å². The zero-order chi connectivity index (χ0) is 11.3. The van der Waals surface area contributed by atoms with Crippen LogP contribution < -0.4 is 5.73 Å². The van der Waals surface area contributed by atoms with E-state index in [1.165, 1.54) is 0 Å². The molecule has 1 amide bonds. The number of nitrogens with two attached hydrogens (primary N) is 1. The summed E-state index contributed by atoms with van der Waals surface area (Å²) < 4.78 is 11.1. The second kappa shape index (κ2) is 6.05. The van der Waals surface area contributed by atoms with E-state index in [1.807, 2.05) is 13.8 Å². The summed E-state index contributed by atoms with van der Waals surface area (Å²) >= 11 is 0. The lowest BCUT2D eigenvalue weighted by molar-refractivity contribution is -0.129. The van der Waals surface area contributed by atoms with Gasteiger partial charge in [-0.15, -0.1) is 0 Å². The van der Waals surface area contributed by atoms with Gasteiger partial charge in [-0.1, -0.05) is 0 Å². The molecule has 1 rings (SSSR count). The van der Waals surface area contributed by atoms with E-state index in [2.05, 4.69) is 0 Å². The molecule has 5 nitrogen and oxygen atoms in total. The van der Waals surface area contributed by atoms with Gasteiger partial charge in [-0.2, -0.15) is 0 Å². The highest BCUT2D eigenvalue weighted by atomic mass is 16.5. The zero-order valence-corrected chi connectivity index (χ0v) is 9.44. The van der Waals surface area contributed by atoms with Gasteiger partial charge in [-0.25, -0.2) is 0 Å². The summed E-state index contributed by atoms with van der Waals surface area (Å²) in [4.78, 5) is 13.1. The largest absolute Gasteiger partial charge is 0.374 e. The van der Waals surface area contributed by atoms with Gasteiger partial charge >= 0.3 is 0 Å². The number of hydrogen-bond acceptors (Lipinski definition) is 4. The van der Waals surface area contributed by atoms with Gasteiger partial charge in [0, 0.05) is 26.3 Å². The van der Waals surface area contributed by atoms with Gasteiger partial charge < -0.3 is 20.1 Å². The monoisotopic (exact) mass is 216 g/mol. The molecule has 0 saturated carbocycles. The van der Waals surface area contributed by atoms with Crippen LogP contribution in [0.4, 0.5) is 0 Å². The maximum absolute atomic E-state index is 11.4. The van der Waals surface area contributed by atoms with Crippen molar-refractivity contribution in [3.05, 3.63) is 0 Å². The third-order valence-corrected chi connectivity index (χ3v) is 2.50. The summed E-state index contributed by atoms with van der Waals surface area (Å²) in [5.74, 6) is -0.0399. The van der Waals surface area contributed by atoms with Crippen molar-refractivity contribution in [3.63, 3.8) is 0 Å². The summed E-state index contributed by atoms with van der Waals surface area (Å²) in [5.41, 5.74) is 5.32. The van der Waals surface area contributed by atoms with E-state index < -0.39 is 0 Å². The minimum atomic E-state index is -0.0399. The minimum absolute atomic E-state index is 0.00884. The van der Waals surface area contributed by atoms with E-state index >= 15 is 0 Å². The van der Waals surface area contributed by atoms with Crippen LogP contribution in [0.2, 0.25) is 0 Å². The molecule has 0 aliphatic carbocycles. The number of ether oxygens (including phenoxy) is 2. The molecule has 1 fully saturated rings. The third-order valence-electron chi connectivity index (χ3n) is 2.50. The fraction of sp³-hybridized carbons (Fsp3) is 0.900. The fourth-order valence-corrected chi connectivity index (χ4v) is 1.83. The van der Waals surface area contributed by atoms with Crippen molar-refractivity contribution < 1.29 is 14.3 Å². The van der Waals surface area contributed by atoms with Gasteiger partial charge in [0.25, 0.3) is 0 Å². The van der Waals surface area contributed by atoms with Gasteiger partial charge in [0.05, 0.1) is 6.54 Å². The van der Waals surface area contributed by atoms with Crippen LogP contribution in [0.15, 0.2) is 0 Å². The Kier molecular flexibility index (Phi) is 5.01. The molecule has 2 N–H and O–H groups in total. The van der Waals surface area contributed by atoms with Crippen molar-refractivity contribution in [2.24, 2.45) is 5.73 Å². The molecule has 0 radical (unpaired) electrons. The Morgan fingerprint density at radius 3 is 2.07 bits per heavy atom. The van der Waals surface area contributed by atoms with E-state index in [-0.39, 0.29) is 24.7 Å². The van der Waals surface area contributed by atoms with Gasteiger partial charge in [-0.3, -0.25) is 4.79 Å². The van der Waals surface area contributed by atoms with E-state index in [0.29, 0.717) is 26.3 Å². The predicted octanol–water partition coefficient (Wildman–Crippen LogP) is -0.402. The third kappa shape index (κ3) is 3.15. The molecule has 0 aromatic carbocycles. The van der Waals surface area contributed by atoms with Crippen LogP contribution in [-0.2, 0) is 14.3 Å². The molecule has 0 spiro atoms. The van der Waals surface area contributed by atoms with Gasteiger partial charge in [0.2, 0.25) is 5.91 Å². The quantitative estimate of drug-likeness (QED) is 0.679. The Morgan fingerprint density at radius 2 is 1.73 bits per heavy atom. The molecule has 0 bridgehead atoms. The summed E-state index contributed by atoms with van der Waals surface area (Å²) in [7, 11) is 0. The van der Waals surface area contributed by atoms with Crippen molar-refractivity contribution in [2.45, 2.75) is 26.1 Å². The molecule has 2 atom stereocenters. The Bertz CT molecular complexity index is 197. The van der Waals surface area contributed by atoms with Crippen LogP contribution in [0.5, 0.6) is 0 Å². The van der Waals surface area contributed by atoms with Crippen LogP contribution in [0, 0.1) is 0 Å². The SMILES string of the molecule is CCO[C@H]1CN(C(=O)CN)C[C@@H]1OCC. The van der Waals surface area contributed by atoms with Crippen LogP contribution in [0.25, 0.3) is 0 Å². The first kappa shape index (κ1) is 12.4. The van der Waals surface area contributed by atoms with E-state index in [0.717, 1.165) is 0 Å². The molecular formula is C10H20N2O3. The highest BCUT2D eigenvalue weighted by Crippen LogP contribution is 2.16. The predicted molar refractivity (Wildman–Crippen MR) is 56.5 cm³/mol. The lowest BCUT2D eigenvalue weighted by Crippen LogP contribution is -2.35. The van der Waals surface area contributed by atoms with Crippen molar-refractivity contribution in [2.75, 3.05) is 32.8 Å². The normalized spacial score (nSPS) is 25.9. The van der Waals surface area contributed by atoms with Crippen molar-refractivity contribution in [1.82, 2.24) is 4.90 Å².